The van der Waals surface area contributed by atoms with Gasteiger partial charge in [-0.25, -0.2) is 0 Å². The smallest absolute Gasteiger partial charge is 0.0205 e. The van der Waals surface area contributed by atoms with Gasteiger partial charge in [0.15, 0.2) is 0 Å². The second kappa shape index (κ2) is 5.39. The van der Waals surface area contributed by atoms with Gasteiger partial charge in [-0.3, -0.25) is 0 Å². The molecule has 0 spiro atoms. The van der Waals surface area contributed by atoms with Crippen molar-refractivity contribution in [1.29, 1.82) is 0 Å². The lowest BCUT2D eigenvalue weighted by atomic mass is 9.73. The number of allylic oxidation sites excluding steroid dienone is 2. The summed E-state index contributed by atoms with van der Waals surface area (Å²) < 4.78 is 0. The first-order chi connectivity index (χ1) is 8.38. The molecule has 0 heterocycles. The highest BCUT2D eigenvalue weighted by atomic mass is 14.4. The van der Waals surface area contributed by atoms with Gasteiger partial charge in [0, 0.05) is 0 Å². The van der Waals surface area contributed by atoms with Gasteiger partial charge in [0.25, 0.3) is 0 Å². The Morgan fingerprint density at radius 2 is 1.94 bits per heavy atom. The summed E-state index contributed by atoms with van der Waals surface area (Å²) in [4.78, 5) is 0. The molecule has 2 aliphatic carbocycles. The van der Waals surface area contributed by atoms with Gasteiger partial charge in [0.05, 0.1) is 0 Å². The zero-order valence-corrected chi connectivity index (χ0v) is 13.1. The average Bonchev–Trinajstić information content (AvgIpc) is 2.86. The van der Waals surface area contributed by atoms with Crippen molar-refractivity contribution in [2.24, 2.45) is 29.1 Å². The third kappa shape index (κ3) is 3.19. The van der Waals surface area contributed by atoms with E-state index in [9.17, 15) is 0 Å². The maximum absolute atomic E-state index is 2.62. The van der Waals surface area contributed by atoms with E-state index >= 15 is 0 Å². The Hall–Kier alpha value is -0.260. The van der Waals surface area contributed by atoms with Crippen LogP contribution < -0.4 is 0 Å². The molecule has 0 aliphatic heterocycles. The molecule has 0 amide bonds. The van der Waals surface area contributed by atoms with Crippen molar-refractivity contribution in [2.45, 2.75) is 73.1 Å². The van der Waals surface area contributed by atoms with Crippen molar-refractivity contribution >= 4 is 0 Å². The van der Waals surface area contributed by atoms with E-state index in [4.69, 9.17) is 0 Å². The fourth-order valence-electron chi connectivity index (χ4n) is 4.14. The Bertz CT molecular complexity index is 308. The molecule has 2 aliphatic rings. The number of rotatable bonds is 4. The van der Waals surface area contributed by atoms with Crippen LogP contribution in [0.4, 0.5) is 0 Å². The lowest BCUT2D eigenvalue weighted by molar-refractivity contribution is 0.209. The topological polar surface area (TPSA) is 0 Å². The Kier molecular flexibility index (Phi) is 4.24. The largest absolute Gasteiger partial charge is 0.0819 e. The van der Waals surface area contributed by atoms with Gasteiger partial charge in [-0.2, -0.15) is 0 Å². The highest BCUT2D eigenvalue weighted by Gasteiger charge is 2.35. The third-order valence-corrected chi connectivity index (χ3v) is 5.59. The standard InChI is InChI=1S/C18H32/c1-13(2)16-8-7-15(11-16)12-18(4,5)17-9-6-14(3)10-17/h11,13-14,16-17H,6-10,12H2,1-5H3/t14-,16?,17?/m1/s1. The summed E-state index contributed by atoms with van der Waals surface area (Å²) in [5.74, 6) is 3.62. The van der Waals surface area contributed by atoms with Crippen LogP contribution in [0.2, 0.25) is 0 Å². The van der Waals surface area contributed by atoms with Crippen LogP contribution >= 0.6 is 0 Å². The molecular weight excluding hydrogens is 216 g/mol. The Labute approximate surface area is 114 Å². The fourth-order valence-corrected chi connectivity index (χ4v) is 4.14. The van der Waals surface area contributed by atoms with Crippen molar-refractivity contribution in [1.82, 2.24) is 0 Å². The summed E-state index contributed by atoms with van der Waals surface area (Å²) in [5, 5.41) is 0. The van der Waals surface area contributed by atoms with Crippen molar-refractivity contribution in [2.75, 3.05) is 0 Å². The van der Waals surface area contributed by atoms with E-state index in [-0.39, 0.29) is 0 Å². The number of hydrogen-bond acceptors (Lipinski definition) is 0. The normalized spacial score (nSPS) is 33.2. The van der Waals surface area contributed by atoms with Gasteiger partial charge >= 0.3 is 0 Å². The van der Waals surface area contributed by atoms with E-state index in [1.54, 1.807) is 5.57 Å². The predicted octanol–water partition coefficient (Wildman–Crippen LogP) is 5.83. The molecule has 0 heteroatoms. The van der Waals surface area contributed by atoms with Crippen LogP contribution in [0.3, 0.4) is 0 Å². The summed E-state index contributed by atoms with van der Waals surface area (Å²) in [6.45, 7) is 12.2. The van der Waals surface area contributed by atoms with E-state index in [0.29, 0.717) is 5.41 Å². The van der Waals surface area contributed by atoms with E-state index in [0.717, 1.165) is 23.7 Å². The lowest BCUT2D eigenvalue weighted by Gasteiger charge is -2.32. The van der Waals surface area contributed by atoms with Crippen LogP contribution in [0.25, 0.3) is 0 Å². The zero-order chi connectivity index (χ0) is 13.3. The molecule has 104 valence electrons. The summed E-state index contributed by atoms with van der Waals surface area (Å²) in [7, 11) is 0. The lowest BCUT2D eigenvalue weighted by Crippen LogP contribution is -2.22. The summed E-state index contributed by atoms with van der Waals surface area (Å²) in [5.41, 5.74) is 2.29. The molecule has 2 rings (SSSR count). The maximum atomic E-state index is 2.62. The van der Waals surface area contributed by atoms with Gasteiger partial charge in [-0.1, -0.05) is 52.7 Å². The average molecular weight is 248 g/mol. The van der Waals surface area contributed by atoms with Gasteiger partial charge in [0.2, 0.25) is 0 Å². The minimum atomic E-state index is 0.530. The summed E-state index contributed by atoms with van der Waals surface area (Å²) in [6.07, 6.45) is 11.1. The second-order valence-corrected chi connectivity index (χ2v) is 8.05. The Balaban J connectivity index is 1.94. The van der Waals surface area contributed by atoms with E-state index < -0.39 is 0 Å². The Morgan fingerprint density at radius 1 is 1.22 bits per heavy atom. The van der Waals surface area contributed by atoms with E-state index in [1.165, 1.54) is 38.5 Å². The van der Waals surface area contributed by atoms with Crippen LogP contribution in [0.5, 0.6) is 0 Å². The summed E-state index contributed by atoms with van der Waals surface area (Å²) in [6, 6.07) is 0. The van der Waals surface area contributed by atoms with Gasteiger partial charge in [-0.05, 0) is 61.2 Å². The monoisotopic (exact) mass is 248 g/mol. The van der Waals surface area contributed by atoms with Crippen molar-refractivity contribution in [3.63, 3.8) is 0 Å². The van der Waals surface area contributed by atoms with Crippen molar-refractivity contribution in [3.05, 3.63) is 11.6 Å². The molecule has 3 atom stereocenters. The minimum absolute atomic E-state index is 0.530. The van der Waals surface area contributed by atoms with Crippen molar-refractivity contribution < 1.29 is 0 Å². The van der Waals surface area contributed by atoms with Crippen LogP contribution in [0.1, 0.15) is 73.1 Å². The quantitative estimate of drug-likeness (QED) is 0.549. The van der Waals surface area contributed by atoms with Crippen LogP contribution in [0, 0.1) is 29.1 Å². The van der Waals surface area contributed by atoms with E-state index in [2.05, 4.69) is 40.7 Å². The molecule has 0 N–H and O–H groups in total. The van der Waals surface area contributed by atoms with Crippen molar-refractivity contribution in [3.8, 4) is 0 Å². The zero-order valence-electron chi connectivity index (χ0n) is 13.1. The molecule has 0 aromatic rings. The summed E-state index contributed by atoms with van der Waals surface area (Å²) >= 11 is 0. The molecule has 0 aromatic heterocycles. The highest BCUT2D eigenvalue weighted by molar-refractivity contribution is 5.14. The fraction of sp³-hybridized carbons (Fsp3) is 0.889. The van der Waals surface area contributed by atoms with Gasteiger partial charge in [-0.15, -0.1) is 0 Å². The highest BCUT2D eigenvalue weighted by Crippen LogP contribution is 2.47. The first-order valence-corrected chi connectivity index (χ1v) is 8.08. The molecule has 0 radical (unpaired) electrons. The molecule has 1 fully saturated rings. The molecule has 1 saturated carbocycles. The molecule has 0 aromatic carbocycles. The van der Waals surface area contributed by atoms with Gasteiger partial charge in [0.1, 0.15) is 0 Å². The molecule has 0 nitrogen and oxygen atoms in total. The molecule has 18 heavy (non-hydrogen) atoms. The first kappa shape index (κ1) is 14.2. The second-order valence-electron chi connectivity index (χ2n) is 8.05. The van der Waals surface area contributed by atoms with Crippen LogP contribution in [0.15, 0.2) is 11.6 Å². The SMILES string of the molecule is CC(C)C1C=C(CC(C)(C)C2CC[C@@H](C)C2)CC1. The maximum Gasteiger partial charge on any atom is -0.0205 e. The van der Waals surface area contributed by atoms with Crippen LogP contribution in [-0.2, 0) is 0 Å². The third-order valence-electron chi connectivity index (χ3n) is 5.59. The Morgan fingerprint density at radius 3 is 2.44 bits per heavy atom. The molecule has 2 unspecified atom stereocenters. The minimum Gasteiger partial charge on any atom is -0.0819 e. The molecular formula is C18H32. The number of hydrogen-bond donors (Lipinski definition) is 0. The van der Waals surface area contributed by atoms with Gasteiger partial charge < -0.3 is 0 Å². The molecule has 0 saturated heterocycles. The first-order valence-electron chi connectivity index (χ1n) is 8.08. The predicted molar refractivity (Wildman–Crippen MR) is 80.5 cm³/mol. The van der Waals surface area contributed by atoms with E-state index in [1.807, 2.05) is 0 Å². The molecule has 0 bridgehead atoms. The van der Waals surface area contributed by atoms with Crippen LogP contribution in [-0.4, -0.2) is 0 Å².